The van der Waals surface area contributed by atoms with Crippen molar-refractivity contribution in [1.82, 2.24) is 13.9 Å². The van der Waals surface area contributed by atoms with E-state index >= 15 is 0 Å². The van der Waals surface area contributed by atoms with E-state index in [1.54, 1.807) is 61.5 Å². The molecule has 0 radical (unpaired) electrons. The summed E-state index contributed by atoms with van der Waals surface area (Å²) in [4.78, 5) is 18.6. The molecule has 0 aliphatic rings. The summed E-state index contributed by atoms with van der Waals surface area (Å²) in [5, 5.41) is 0.434. The highest BCUT2D eigenvalue weighted by Gasteiger charge is 2.30. The summed E-state index contributed by atoms with van der Waals surface area (Å²) in [5.41, 5.74) is 1.75. The van der Waals surface area contributed by atoms with Gasteiger partial charge in [0.15, 0.2) is 0 Å². The van der Waals surface area contributed by atoms with E-state index in [1.165, 1.54) is 23.0 Å². The van der Waals surface area contributed by atoms with Gasteiger partial charge in [-0.2, -0.15) is 4.31 Å². The average molecular weight is 492 g/mol. The van der Waals surface area contributed by atoms with Crippen LogP contribution in [-0.2, 0) is 10.0 Å². The van der Waals surface area contributed by atoms with Crippen LogP contribution >= 0.6 is 0 Å². The van der Waals surface area contributed by atoms with Gasteiger partial charge in [0.05, 0.1) is 34.6 Å². The Hall–Kier alpha value is -3.49. The molecular weight excluding hydrogens is 462 g/mol. The maximum Gasteiger partial charge on any atom is 0.266 e. The van der Waals surface area contributed by atoms with Gasteiger partial charge in [-0.3, -0.25) is 9.36 Å². The second-order valence-electron chi connectivity index (χ2n) is 8.72. The van der Waals surface area contributed by atoms with Crippen molar-refractivity contribution in [1.29, 1.82) is 0 Å². The van der Waals surface area contributed by atoms with Gasteiger partial charge in [0.2, 0.25) is 10.0 Å². The fraction of sp³-hybridized carbons (Fsp3) is 0.259. The van der Waals surface area contributed by atoms with E-state index in [-0.39, 0.29) is 10.5 Å². The Morgan fingerprint density at radius 2 is 1.54 bits per heavy atom. The molecule has 0 saturated heterocycles. The van der Waals surface area contributed by atoms with Gasteiger partial charge in [0.25, 0.3) is 5.56 Å². The number of ether oxygens (including phenoxy) is 1. The second-order valence-corrected chi connectivity index (χ2v) is 10.7. The lowest BCUT2D eigenvalue weighted by Crippen LogP contribution is -2.35. The highest BCUT2D eigenvalue weighted by Crippen LogP contribution is 2.30. The normalized spacial score (nSPS) is 12.9. The first-order chi connectivity index (χ1) is 16.7. The maximum atomic E-state index is 13.7. The summed E-state index contributed by atoms with van der Waals surface area (Å²) in [6, 6.07) is 20.3. The number of hydrogen-bond donors (Lipinski definition) is 0. The molecular formula is C27H29N3O4S. The summed E-state index contributed by atoms with van der Waals surface area (Å²) >= 11 is 0. The molecule has 0 aliphatic heterocycles. The number of benzene rings is 3. The first kappa shape index (κ1) is 24.6. The Kier molecular flexibility index (Phi) is 6.78. The van der Waals surface area contributed by atoms with Crippen molar-refractivity contribution in [2.24, 2.45) is 0 Å². The molecule has 7 nitrogen and oxygen atoms in total. The fourth-order valence-electron chi connectivity index (χ4n) is 4.04. The number of hydrogen-bond acceptors (Lipinski definition) is 5. The molecule has 3 aromatic carbocycles. The van der Waals surface area contributed by atoms with Gasteiger partial charge in [-0.1, -0.05) is 50.2 Å². The van der Waals surface area contributed by atoms with Crippen LogP contribution in [0.5, 0.6) is 5.75 Å². The van der Waals surface area contributed by atoms with Crippen molar-refractivity contribution in [3.8, 4) is 11.4 Å². The van der Waals surface area contributed by atoms with Crippen LogP contribution in [0.1, 0.15) is 44.1 Å². The minimum absolute atomic E-state index is 0.184. The molecule has 1 aromatic heterocycles. The number of methoxy groups -OCH3 is 1. The zero-order valence-corrected chi connectivity index (χ0v) is 21.3. The van der Waals surface area contributed by atoms with Gasteiger partial charge < -0.3 is 4.74 Å². The third kappa shape index (κ3) is 4.47. The Bertz CT molecular complexity index is 1530. The Morgan fingerprint density at radius 3 is 2.20 bits per heavy atom. The maximum absolute atomic E-state index is 13.7. The average Bonchev–Trinajstić information content (AvgIpc) is 2.87. The molecule has 0 bridgehead atoms. The van der Waals surface area contributed by atoms with Gasteiger partial charge in [-0.05, 0) is 54.8 Å². The second kappa shape index (κ2) is 9.64. The van der Waals surface area contributed by atoms with E-state index in [1.807, 2.05) is 18.2 Å². The van der Waals surface area contributed by atoms with Crippen LogP contribution in [0.15, 0.2) is 82.5 Å². The number of aromatic nitrogens is 2. The number of sulfonamides is 1. The van der Waals surface area contributed by atoms with Crippen LogP contribution in [0.3, 0.4) is 0 Å². The summed E-state index contributed by atoms with van der Waals surface area (Å²) in [6.45, 7) is 5.84. The summed E-state index contributed by atoms with van der Waals surface area (Å²) in [6.07, 6.45) is 0. The number of rotatable bonds is 7. The molecule has 0 aliphatic carbocycles. The predicted octanol–water partition coefficient (Wildman–Crippen LogP) is 4.90. The highest BCUT2D eigenvalue weighted by atomic mass is 32.2. The number of para-hydroxylation sites is 3. The molecule has 8 heteroatoms. The summed E-state index contributed by atoms with van der Waals surface area (Å²) < 4.78 is 35.3. The highest BCUT2D eigenvalue weighted by molar-refractivity contribution is 7.89. The van der Waals surface area contributed by atoms with Crippen molar-refractivity contribution >= 4 is 20.9 Å². The van der Waals surface area contributed by atoms with Crippen molar-refractivity contribution < 1.29 is 13.2 Å². The van der Waals surface area contributed by atoms with Gasteiger partial charge in [-0.15, -0.1) is 0 Å². The molecule has 1 unspecified atom stereocenters. The molecule has 4 aromatic rings. The quantitative estimate of drug-likeness (QED) is 0.367. The Balaban J connectivity index is 1.89. The van der Waals surface area contributed by atoms with E-state index in [0.717, 1.165) is 5.56 Å². The number of fused-ring (bicyclic) bond motifs is 1. The molecule has 0 amide bonds. The lowest BCUT2D eigenvalue weighted by Gasteiger charge is -2.27. The first-order valence-corrected chi connectivity index (χ1v) is 12.8. The smallest absolute Gasteiger partial charge is 0.266 e. The van der Waals surface area contributed by atoms with Gasteiger partial charge in [0.1, 0.15) is 11.6 Å². The van der Waals surface area contributed by atoms with E-state index in [9.17, 15) is 13.2 Å². The van der Waals surface area contributed by atoms with Gasteiger partial charge >= 0.3 is 0 Å². The molecule has 1 heterocycles. The SMILES string of the molecule is COc1ccccc1-n1c(C(C)N(C)S(=O)(=O)c2ccc(C(C)C)cc2)nc2ccccc2c1=O. The van der Waals surface area contributed by atoms with Crippen LogP contribution in [-0.4, -0.2) is 36.4 Å². The zero-order valence-electron chi connectivity index (χ0n) is 20.5. The van der Waals surface area contributed by atoms with Crippen LogP contribution in [0, 0.1) is 0 Å². The molecule has 0 fully saturated rings. The lowest BCUT2D eigenvalue weighted by atomic mass is 10.0. The number of nitrogens with zero attached hydrogens (tertiary/aromatic N) is 3. The van der Waals surface area contributed by atoms with E-state index in [2.05, 4.69) is 13.8 Å². The van der Waals surface area contributed by atoms with Crippen LogP contribution < -0.4 is 10.3 Å². The monoisotopic (exact) mass is 491 g/mol. The third-order valence-corrected chi connectivity index (χ3v) is 8.21. The van der Waals surface area contributed by atoms with Gasteiger partial charge in [0, 0.05) is 7.05 Å². The summed E-state index contributed by atoms with van der Waals surface area (Å²) in [5.74, 6) is 1.07. The van der Waals surface area contributed by atoms with Crippen LogP contribution in [0.25, 0.3) is 16.6 Å². The largest absolute Gasteiger partial charge is 0.495 e. The zero-order chi connectivity index (χ0) is 25.3. The minimum Gasteiger partial charge on any atom is -0.495 e. The van der Waals surface area contributed by atoms with Crippen LogP contribution in [0.4, 0.5) is 0 Å². The van der Waals surface area contributed by atoms with Crippen molar-refractivity contribution in [3.05, 3.63) is 94.5 Å². The Labute approximate surface area is 205 Å². The molecule has 4 rings (SSSR count). The first-order valence-electron chi connectivity index (χ1n) is 11.4. The third-order valence-electron chi connectivity index (χ3n) is 6.27. The molecule has 182 valence electrons. The molecule has 0 saturated carbocycles. The summed E-state index contributed by atoms with van der Waals surface area (Å²) in [7, 11) is -0.832. The minimum atomic E-state index is -3.86. The van der Waals surface area contributed by atoms with E-state index < -0.39 is 16.1 Å². The molecule has 1 atom stereocenters. The lowest BCUT2D eigenvalue weighted by molar-refractivity contribution is 0.376. The standard InChI is InChI=1S/C27H29N3O4S/c1-18(2)20-14-16-21(17-15-20)35(32,33)29(4)19(3)26-28-23-11-7-6-10-22(23)27(31)30(26)24-12-8-9-13-25(24)34-5/h6-19H,1-5H3. The van der Waals surface area contributed by atoms with Crippen molar-refractivity contribution in [2.45, 2.75) is 37.6 Å². The fourth-order valence-corrected chi connectivity index (χ4v) is 5.36. The molecule has 0 N–H and O–H groups in total. The van der Waals surface area contributed by atoms with Gasteiger partial charge in [-0.25, -0.2) is 13.4 Å². The molecule has 35 heavy (non-hydrogen) atoms. The topological polar surface area (TPSA) is 81.5 Å². The Morgan fingerprint density at radius 1 is 0.914 bits per heavy atom. The predicted molar refractivity (Wildman–Crippen MR) is 138 cm³/mol. The van der Waals surface area contributed by atoms with Crippen LogP contribution in [0.2, 0.25) is 0 Å². The van der Waals surface area contributed by atoms with Crippen molar-refractivity contribution in [3.63, 3.8) is 0 Å². The molecule has 0 spiro atoms. The van der Waals surface area contributed by atoms with E-state index in [0.29, 0.717) is 34.1 Å². The van der Waals surface area contributed by atoms with E-state index in [4.69, 9.17) is 9.72 Å². The van der Waals surface area contributed by atoms with Crippen molar-refractivity contribution in [2.75, 3.05) is 14.2 Å².